The minimum absolute atomic E-state index is 0.0697. The number of aromatic nitrogens is 3. The molecule has 1 amide bonds. The molecule has 0 spiro atoms. The third kappa shape index (κ3) is 3.08. The molecule has 1 aliphatic rings. The summed E-state index contributed by atoms with van der Waals surface area (Å²) in [6.45, 7) is 3.15. The summed E-state index contributed by atoms with van der Waals surface area (Å²) in [4.78, 5) is 16.8. The van der Waals surface area contributed by atoms with E-state index in [1.54, 1.807) is 11.8 Å². The van der Waals surface area contributed by atoms with E-state index in [1.807, 2.05) is 47.4 Å². The van der Waals surface area contributed by atoms with Crippen LogP contribution < -0.4 is 9.64 Å². The lowest BCUT2D eigenvalue weighted by Gasteiger charge is -2.36. The number of hydrogen-bond acceptors (Lipinski definition) is 5. The van der Waals surface area contributed by atoms with E-state index in [0.717, 1.165) is 35.6 Å². The summed E-state index contributed by atoms with van der Waals surface area (Å²) in [6, 6.07) is 15.7. The first-order valence-electron chi connectivity index (χ1n) is 8.70. The van der Waals surface area contributed by atoms with Crippen LogP contribution in [0.1, 0.15) is 0 Å². The number of methoxy groups -OCH3 is 1. The van der Waals surface area contributed by atoms with Crippen molar-refractivity contribution >= 4 is 22.6 Å². The van der Waals surface area contributed by atoms with Crippen molar-refractivity contribution in [3.8, 4) is 5.75 Å². The number of carbonyl (C=O) groups excluding carboxylic acids is 1. The van der Waals surface area contributed by atoms with Gasteiger partial charge in [-0.3, -0.25) is 4.79 Å². The van der Waals surface area contributed by atoms with Gasteiger partial charge in [0.05, 0.1) is 18.3 Å². The molecule has 4 rings (SSSR count). The molecular weight excluding hydrogens is 330 g/mol. The van der Waals surface area contributed by atoms with Crippen LogP contribution in [0.4, 0.5) is 5.69 Å². The van der Waals surface area contributed by atoms with Crippen molar-refractivity contribution in [3.63, 3.8) is 0 Å². The minimum Gasteiger partial charge on any atom is -0.495 e. The SMILES string of the molecule is COc1ccccc1N1CCN(C(=O)Cn2nnc3ccccc32)CC1. The van der Waals surface area contributed by atoms with E-state index >= 15 is 0 Å². The predicted octanol–water partition coefficient (Wildman–Crippen LogP) is 1.79. The molecule has 2 aromatic carbocycles. The maximum atomic E-state index is 12.7. The van der Waals surface area contributed by atoms with E-state index in [-0.39, 0.29) is 12.5 Å². The van der Waals surface area contributed by atoms with E-state index in [1.165, 1.54) is 0 Å². The normalized spacial score (nSPS) is 14.7. The second-order valence-corrected chi connectivity index (χ2v) is 6.28. The zero-order valence-corrected chi connectivity index (χ0v) is 14.7. The number of piperazine rings is 1. The molecule has 0 saturated carbocycles. The van der Waals surface area contributed by atoms with Gasteiger partial charge < -0.3 is 14.5 Å². The first kappa shape index (κ1) is 16.4. The highest BCUT2D eigenvalue weighted by molar-refractivity contribution is 5.80. The molecule has 7 heteroatoms. The highest BCUT2D eigenvalue weighted by atomic mass is 16.5. The number of para-hydroxylation sites is 3. The molecule has 1 saturated heterocycles. The summed E-state index contributed by atoms with van der Waals surface area (Å²) in [7, 11) is 1.68. The van der Waals surface area contributed by atoms with Gasteiger partial charge >= 0.3 is 0 Å². The third-order valence-corrected chi connectivity index (χ3v) is 4.76. The van der Waals surface area contributed by atoms with Gasteiger partial charge in [-0.1, -0.05) is 29.5 Å². The van der Waals surface area contributed by atoms with E-state index in [4.69, 9.17) is 4.74 Å². The Bertz CT molecular complexity index is 915. The zero-order chi connectivity index (χ0) is 17.9. The molecular formula is C19H21N5O2. The molecule has 0 N–H and O–H groups in total. The fraction of sp³-hybridized carbons (Fsp3) is 0.316. The minimum atomic E-state index is 0.0697. The number of anilines is 1. The molecule has 2 heterocycles. The Balaban J connectivity index is 1.41. The van der Waals surface area contributed by atoms with Crippen LogP contribution in [0.3, 0.4) is 0 Å². The maximum absolute atomic E-state index is 12.7. The fourth-order valence-electron chi connectivity index (χ4n) is 3.35. The van der Waals surface area contributed by atoms with Crippen molar-refractivity contribution in [1.29, 1.82) is 0 Å². The van der Waals surface area contributed by atoms with Crippen LogP contribution in [-0.2, 0) is 11.3 Å². The Labute approximate surface area is 151 Å². The number of carbonyl (C=O) groups is 1. The van der Waals surface area contributed by atoms with Crippen LogP contribution in [-0.4, -0.2) is 59.1 Å². The number of nitrogens with zero attached hydrogens (tertiary/aromatic N) is 5. The monoisotopic (exact) mass is 351 g/mol. The Hall–Kier alpha value is -3.09. The van der Waals surface area contributed by atoms with Crippen molar-refractivity contribution in [2.45, 2.75) is 6.54 Å². The van der Waals surface area contributed by atoms with Gasteiger partial charge in [0.1, 0.15) is 17.8 Å². The maximum Gasteiger partial charge on any atom is 0.244 e. The summed E-state index contributed by atoms with van der Waals surface area (Å²) in [5.74, 6) is 0.932. The number of hydrogen-bond donors (Lipinski definition) is 0. The Morgan fingerprint density at radius 2 is 1.77 bits per heavy atom. The zero-order valence-electron chi connectivity index (χ0n) is 14.7. The van der Waals surface area contributed by atoms with Gasteiger partial charge in [0.15, 0.2) is 0 Å². The molecule has 0 atom stereocenters. The van der Waals surface area contributed by atoms with Gasteiger partial charge in [-0.15, -0.1) is 5.10 Å². The van der Waals surface area contributed by atoms with E-state index in [0.29, 0.717) is 13.1 Å². The van der Waals surface area contributed by atoms with Gasteiger partial charge in [-0.05, 0) is 24.3 Å². The summed E-state index contributed by atoms with van der Waals surface area (Å²) in [5, 5.41) is 8.22. The van der Waals surface area contributed by atoms with Crippen molar-refractivity contribution in [1.82, 2.24) is 19.9 Å². The molecule has 7 nitrogen and oxygen atoms in total. The Kier molecular flexibility index (Phi) is 4.43. The lowest BCUT2D eigenvalue weighted by atomic mass is 10.2. The molecule has 0 unspecified atom stereocenters. The third-order valence-electron chi connectivity index (χ3n) is 4.76. The van der Waals surface area contributed by atoms with Crippen molar-refractivity contribution < 1.29 is 9.53 Å². The van der Waals surface area contributed by atoms with Crippen LogP contribution in [0.15, 0.2) is 48.5 Å². The summed E-state index contributed by atoms with van der Waals surface area (Å²) in [5.41, 5.74) is 2.76. The highest BCUT2D eigenvalue weighted by Gasteiger charge is 2.23. The highest BCUT2D eigenvalue weighted by Crippen LogP contribution is 2.28. The van der Waals surface area contributed by atoms with Crippen LogP contribution in [0.5, 0.6) is 5.75 Å². The first-order valence-corrected chi connectivity index (χ1v) is 8.70. The second kappa shape index (κ2) is 7.03. The van der Waals surface area contributed by atoms with Gasteiger partial charge in [0, 0.05) is 26.2 Å². The van der Waals surface area contributed by atoms with Crippen molar-refractivity contribution in [2.24, 2.45) is 0 Å². The molecule has 0 radical (unpaired) electrons. The Morgan fingerprint density at radius 3 is 2.58 bits per heavy atom. The van der Waals surface area contributed by atoms with E-state index in [9.17, 15) is 4.79 Å². The number of benzene rings is 2. The molecule has 26 heavy (non-hydrogen) atoms. The Morgan fingerprint density at radius 1 is 1.04 bits per heavy atom. The quantitative estimate of drug-likeness (QED) is 0.717. The lowest BCUT2D eigenvalue weighted by Crippen LogP contribution is -2.49. The summed E-state index contributed by atoms with van der Waals surface area (Å²) >= 11 is 0. The van der Waals surface area contributed by atoms with Crippen molar-refractivity contribution in [2.75, 3.05) is 38.2 Å². The topological polar surface area (TPSA) is 63.5 Å². The van der Waals surface area contributed by atoms with Gasteiger partial charge in [-0.2, -0.15) is 0 Å². The lowest BCUT2D eigenvalue weighted by molar-refractivity contribution is -0.132. The van der Waals surface area contributed by atoms with Crippen LogP contribution in [0.2, 0.25) is 0 Å². The molecule has 1 fully saturated rings. The molecule has 0 bridgehead atoms. The fourth-order valence-corrected chi connectivity index (χ4v) is 3.35. The van der Waals surface area contributed by atoms with Gasteiger partial charge in [-0.25, -0.2) is 4.68 Å². The van der Waals surface area contributed by atoms with Crippen LogP contribution in [0, 0.1) is 0 Å². The number of ether oxygens (including phenoxy) is 1. The predicted molar refractivity (Wildman–Crippen MR) is 99.3 cm³/mol. The van der Waals surface area contributed by atoms with E-state index in [2.05, 4.69) is 21.3 Å². The van der Waals surface area contributed by atoms with Crippen LogP contribution in [0.25, 0.3) is 11.0 Å². The van der Waals surface area contributed by atoms with Gasteiger partial charge in [0.2, 0.25) is 5.91 Å². The molecule has 134 valence electrons. The average molecular weight is 351 g/mol. The van der Waals surface area contributed by atoms with Crippen LogP contribution >= 0.6 is 0 Å². The number of rotatable bonds is 4. The summed E-state index contributed by atoms with van der Waals surface area (Å²) in [6.07, 6.45) is 0. The second-order valence-electron chi connectivity index (χ2n) is 6.28. The first-order chi connectivity index (χ1) is 12.8. The number of fused-ring (bicyclic) bond motifs is 1. The molecule has 0 aliphatic carbocycles. The summed E-state index contributed by atoms with van der Waals surface area (Å²) < 4.78 is 7.11. The van der Waals surface area contributed by atoms with E-state index < -0.39 is 0 Å². The standard InChI is InChI=1S/C19H21N5O2/c1-26-18-9-5-4-8-17(18)22-10-12-23(13-11-22)19(25)14-24-16-7-3-2-6-15(16)20-21-24/h2-9H,10-14H2,1H3. The van der Waals surface area contributed by atoms with Crippen molar-refractivity contribution in [3.05, 3.63) is 48.5 Å². The molecule has 3 aromatic rings. The smallest absolute Gasteiger partial charge is 0.244 e. The largest absolute Gasteiger partial charge is 0.495 e. The van der Waals surface area contributed by atoms with Gasteiger partial charge in [0.25, 0.3) is 0 Å². The average Bonchev–Trinajstić information content (AvgIpc) is 3.11. The number of amides is 1. The molecule has 1 aliphatic heterocycles. The molecule has 1 aromatic heterocycles.